The highest BCUT2D eigenvalue weighted by Crippen LogP contribution is 2.44. The highest BCUT2D eigenvalue weighted by atomic mass is 16.5. The second-order valence-corrected chi connectivity index (χ2v) is 3.77. The van der Waals surface area contributed by atoms with Crippen molar-refractivity contribution >= 4 is 5.82 Å². The van der Waals surface area contributed by atoms with Crippen molar-refractivity contribution in [1.82, 2.24) is 5.16 Å². The molecular weight excluding hydrogens is 152 g/mol. The van der Waals surface area contributed by atoms with E-state index in [4.69, 9.17) is 10.3 Å². The van der Waals surface area contributed by atoms with Crippen molar-refractivity contribution in [2.24, 2.45) is 0 Å². The molecule has 0 bridgehead atoms. The zero-order chi connectivity index (χ0) is 8.72. The van der Waals surface area contributed by atoms with Gasteiger partial charge in [0.2, 0.25) is 0 Å². The summed E-state index contributed by atoms with van der Waals surface area (Å²) in [4.78, 5) is 0. The Labute approximate surface area is 71.9 Å². The largest absolute Gasteiger partial charge is 0.381 e. The summed E-state index contributed by atoms with van der Waals surface area (Å²) >= 11 is 0. The fourth-order valence-electron chi connectivity index (χ4n) is 1.54. The molecule has 1 fully saturated rings. The number of nitrogens with two attached hydrogens (primary N) is 1. The Morgan fingerprint density at radius 2 is 2.17 bits per heavy atom. The summed E-state index contributed by atoms with van der Waals surface area (Å²) in [5.41, 5.74) is 6.83. The van der Waals surface area contributed by atoms with Crippen LogP contribution in [0.15, 0.2) is 4.52 Å². The predicted octanol–water partition coefficient (Wildman–Crippen LogP) is 2.26. The molecule has 3 nitrogen and oxygen atoms in total. The molecule has 1 aliphatic carbocycles. The third-order valence-electron chi connectivity index (χ3n) is 2.31. The third kappa shape index (κ3) is 1.09. The Morgan fingerprint density at radius 3 is 2.67 bits per heavy atom. The smallest absolute Gasteiger partial charge is 0.170 e. The molecule has 0 amide bonds. The van der Waals surface area contributed by atoms with Gasteiger partial charge in [0.15, 0.2) is 5.82 Å². The van der Waals surface area contributed by atoms with Crippen LogP contribution in [0.3, 0.4) is 0 Å². The number of hydrogen-bond acceptors (Lipinski definition) is 3. The van der Waals surface area contributed by atoms with Crippen molar-refractivity contribution in [2.45, 2.75) is 38.5 Å². The maximum atomic E-state index is 5.70. The van der Waals surface area contributed by atoms with Crippen molar-refractivity contribution in [3.63, 3.8) is 0 Å². The van der Waals surface area contributed by atoms with Gasteiger partial charge in [-0.05, 0) is 18.8 Å². The van der Waals surface area contributed by atoms with Gasteiger partial charge in [0.25, 0.3) is 0 Å². The highest BCUT2D eigenvalue weighted by molar-refractivity contribution is 5.44. The fraction of sp³-hybridized carbons (Fsp3) is 0.667. The quantitative estimate of drug-likeness (QED) is 0.733. The molecule has 12 heavy (non-hydrogen) atoms. The molecular formula is C9H14N2O. The zero-order valence-electron chi connectivity index (χ0n) is 7.50. The second kappa shape index (κ2) is 2.51. The van der Waals surface area contributed by atoms with Crippen LogP contribution >= 0.6 is 0 Å². The number of nitrogen functional groups attached to an aromatic ring is 1. The lowest BCUT2D eigenvalue weighted by Gasteiger charge is -2.03. The van der Waals surface area contributed by atoms with Gasteiger partial charge in [-0.1, -0.05) is 19.0 Å². The summed E-state index contributed by atoms with van der Waals surface area (Å²) in [5, 5.41) is 3.80. The van der Waals surface area contributed by atoms with Crippen LogP contribution < -0.4 is 5.73 Å². The first-order valence-corrected chi connectivity index (χ1v) is 4.45. The molecule has 0 saturated heterocycles. The molecule has 1 heterocycles. The maximum Gasteiger partial charge on any atom is 0.170 e. The van der Waals surface area contributed by atoms with Gasteiger partial charge < -0.3 is 10.3 Å². The minimum Gasteiger partial charge on any atom is -0.381 e. The van der Waals surface area contributed by atoms with Crippen molar-refractivity contribution in [3.05, 3.63) is 11.3 Å². The third-order valence-corrected chi connectivity index (χ3v) is 2.31. The van der Waals surface area contributed by atoms with Crippen molar-refractivity contribution in [2.75, 3.05) is 5.73 Å². The lowest BCUT2D eigenvalue weighted by molar-refractivity contribution is 0.384. The molecule has 0 unspecified atom stereocenters. The lowest BCUT2D eigenvalue weighted by atomic mass is 10.0. The van der Waals surface area contributed by atoms with Crippen LogP contribution in [-0.2, 0) is 0 Å². The second-order valence-electron chi connectivity index (χ2n) is 3.77. The van der Waals surface area contributed by atoms with Crippen LogP contribution in [0.1, 0.15) is 49.8 Å². The van der Waals surface area contributed by atoms with E-state index in [2.05, 4.69) is 19.0 Å². The average molecular weight is 166 g/mol. The van der Waals surface area contributed by atoms with Gasteiger partial charge >= 0.3 is 0 Å². The first kappa shape index (κ1) is 7.65. The van der Waals surface area contributed by atoms with Crippen LogP contribution in [0.2, 0.25) is 0 Å². The van der Waals surface area contributed by atoms with Crippen LogP contribution in [-0.4, -0.2) is 5.16 Å². The van der Waals surface area contributed by atoms with E-state index in [0.29, 0.717) is 17.7 Å². The summed E-state index contributed by atoms with van der Waals surface area (Å²) in [6.45, 7) is 4.24. The first-order chi connectivity index (χ1) is 5.70. The Bertz CT molecular complexity index is 287. The van der Waals surface area contributed by atoms with Crippen molar-refractivity contribution < 1.29 is 4.52 Å². The van der Waals surface area contributed by atoms with Crippen LogP contribution in [0, 0.1) is 0 Å². The normalized spacial score (nSPS) is 17.2. The minimum absolute atomic E-state index is 0.423. The van der Waals surface area contributed by atoms with Crippen LogP contribution in [0.4, 0.5) is 5.82 Å². The van der Waals surface area contributed by atoms with E-state index in [-0.39, 0.29) is 0 Å². The molecule has 2 rings (SSSR count). The Hall–Kier alpha value is -0.990. The Kier molecular flexibility index (Phi) is 1.60. The van der Waals surface area contributed by atoms with Gasteiger partial charge in [0, 0.05) is 11.5 Å². The zero-order valence-corrected chi connectivity index (χ0v) is 7.50. The molecule has 1 aliphatic rings. The molecule has 0 spiro atoms. The molecule has 1 aromatic heterocycles. The number of rotatable bonds is 2. The van der Waals surface area contributed by atoms with E-state index >= 15 is 0 Å². The van der Waals surface area contributed by atoms with E-state index in [1.165, 1.54) is 12.8 Å². The molecule has 1 saturated carbocycles. The topological polar surface area (TPSA) is 52.0 Å². The SMILES string of the molecule is CC(C)c1c(N)noc1C1CC1. The highest BCUT2D eigenvalue weighted by Gasteiger charge is 2.32. The molecule has 2 N–H and O–H groups in total. The summed E-state index contributed by atoms with van der Waals surface area (Å²) in [6, 6.07) is 0. The number of nitrogens with zero attached hydrogens (tertiary/aromatic N) is 1. The monoisotopic (exact) mass is 166 g/mol. The average Bonchev–Trinajstić information content (AvgIpc) is 2.75. The number of anilines is 1. The van der Waals surface area contributed by atoms with Gasteiger partial charge in [0.1, 0.15) is 5.76 Å². The molecule has 1 aromatic rings. The Balaban J connectivity index is 2.39. The summed E-state index contributed by atoms with van der Waals surface area (Å²) in [7, 11) is 0. The van der Waals surface area contributed by atoms with Crippen molar-refractivity contribution in [3.8, 4) is 0 Å². The summed E-state index contributed by atoms with van der Waals surface area (Å²) in [5.74, 6) is 2.63. The van der Waals surface area contributed by atoms with Gasteiger partial charge in [-0.15, -0.1) is 0 Å². The maximum absolute atomic E-state index is 5.70. The standard InChI is InChI=1S/C9H14N2O/c1-5(2)7-8(6-3-4-6)12-11-9(7)10/h5-6H,3-4H2,1-2H3,(H2,10,11). The molecule has 0 atom stereocenters. The lowest BCUT2D eigenvalue weighted by Crippen LogP contribution is -1.96. The molecule has 0 aliphatic heterocycles. The molecule has 0 aromatic carbocycles. The Morgan fingerprint density at radius 1 is 1.50 bits per heavy atom. The van der Waals surface area contributed by atoms with Gasteiger partial charge in [-0.3, -0.25) is 0 Å². The van der Waals surface area contributed by atoms with E-state index < -0.39 is 0 Å². The predicted molar refractivity (Wildman–Crippen MR) is 47.0 cm³/mol. The summed E-state index contributed by atoms with van der Waals surface area (Å²) in [6.07, 6.45) is 2.46. The number of hydrogen-bond donors (Lipinski definition) is 1. The first-order valence-electron chi connectivity index (χ1n) is 4.45. The van der Waals surface area contributed by atoms with Gasteiger partial charge in [0.05, 0.1) is 0 Å². The van der Waals surface area contributed by atoms with E-state index in [0.717, 1.165) is 11.3 Å². The molecule has 0 radical (unpaired) electrons. The minimum atomic E-state index is 0.423. The van der Waals surface area contributed by atoms with E-state index in [1.54, 1.807) is 0 Å². The van der Waals surface area contributed by atoms with E-state index in [1.807, 2.05) is 0 Å². The van der Waals surface area contributed by atoms with Crippen LogP contribution in [0.25, 0.3) is 0 Å². The van der Waals surface area contributed by atoms with Crippen molar-refractivity contribution in [1.29, 1.82) is 0 Å². The van der Waals surface area contributed by atoms with Gasteiger partial charge in [-0.2, -0.15) is 0 Å². The van der Waals surface area contributed by atoms with Gasteiger partial charge in [-0.25, -0.2) is 0 Å². The molecule has 66 valence electrons. The fourth-order valence-corrected chi connectivity index (χ4v) is 1.54. The number of aromatic nitrogens is 1. The van der Waals surface area contributed by atoms with E-state index in [9.17, 15) is 0 Å². The summed E-state index contributed by atoms with van der Waals surface area (Å²) < 4.78 is 5.21. The molecule has 3 heteroatoms. The van der Waals surface area contributed by atoms with Crippen LogP contribution in [0.5, 0.6) is 0 Å².